The summed E-state index contributed by atoms with van der Waals surface area (Å²) >= 11 is 0. The number of nitrogens with zero attached hydrogens (tertiary/aromatic N) is 2. The zero-order valence-electron chi connectivity index (χ0n) is 10.5. The number of hydrogen-bond acceptors (Lipinski definition) is 4. The van der Waals surface area contributed by atoms with Gasteiger partial charge in [0.25, 0.3) is 0 Å². The molecular weight excluding hydrogens is 240 g/mol. The lowest BCUT2D eigenvalue weighted by molar-refractivity contribution is 0.0599. The van der Waals surface area contributed by atoms with Crippen molar-refractivity contribution in [2.45, 2.75) is 6.42 Å². The maximum Gasteiger partial charge on any atom is 0.338 e. The van der Waals surface area contributed by atoms with Crippen LogP contribution in [0.5, 0.6) is 0 Å². The Kier molecular flexibility index (Phi) is 3.89. The van der Waals surface area contributed by atoms with E-state index in [1.807, 2.05) is 12.1 Å². The molecule has 19 heavy (non-hydrogen) atoms. The van der Waals surface area contributed by atoms with Crippen molar-refractivity contribution < 1.29 is 9.53 Å². The normalized spacial score (nSPS) is 9.68. The third-order valence-corrected chi connectivity index (χ3v) is 2.79. The highest BCUT2D eigenvalue weighted by atomic mass is 16.5. The number of ether oxygens (including phenoxy) is 1. The first kappa shape index (κ1) is 12.8. The van der Waals surface area contributed by atoms with Crippen LogP contribution in [0.1, 0.15) is 27.0 Å². The van der Waals surface area contributed by atoms with Crippen LogP contribution in [0.3, 0.4) is 0 Å². The second-order valence-electron chi connectivity index (χ2n) is 4.01. The van der Waals surface area contributed by atoms with E-state index in [1.54, 1.807) is 30.6 Å². The second-order valence-corrected chi connectivity index (χ2v) is 4.01. The zero-order valence-corrected chi connectivity index (χ0v) is 10.5. The number of esters is 1. The fourth-order valence-corrected chi connectivity index (χ4v) is 1.79. The summed E-state index contributed by atoms with van der Waals surface area (Å²) in [5.74, 6) is -0.369. The molecule has 1 aromatic heterocycles. The molecule has 0 bridgehead atoms. The molecule has 0 aliphatic rings. The van der Waals surface area contributed by atoms with Crippen molar-refractivity contribution in [3.63, 3.8) is 0 Å². The van der Waals surface area contributed by atoms with Gasteiger partial charge in [0.2, 0.25) is 0 Å². The first-order valence-electron chi connectivity index (χ1n) is 5.75. The van der Waals surface area contributed by atoms with Gasteiger partial charge in [0.05, 0.1) is 24.3 Å². The molecule has 0 fully saturated rings. The predicted molar refractivity (Wildman–Crippen MR) is 69.5 cm³/mol. The number of rotatable bonds is 3. The van der Waals surface area contributed by atoms with E-state index in [1.165, 1.54) is 7.11 Å². The molecular formula is C15H12N2O2. The number of carbonyl (C=O) groups excluding carboxylic acids is 1. The Morgan fingerprint density at radius 1 is 1.32 bits per heavy atom. The molecule has 1 heterocycles. The molecule has 0 radical (unpaired) electrons. The van der Waals surface area contributed by atoms with Crippen molar-refractivity contribution in [3.8, 4) is 6.07 Å². The molecule has 94 valence electrons. The minimum atomic E-state index is -0.369. The number of benzene rings is 1. The SMILES string of the molecule is COC(=O)c1ccncc1Cc1ccc(C#N)cc1. The van der Waals surface area contributed by atoms with Gasteiger partial charge in [0.15, 0.2) is 0 Å². The van der Waals surface area contributed by atoms with Crippen molar-refractivity contribution in [3.05, 3.63) is 65.0 Å². The van der Waals surface area contributed by atoms with Crippen LogP contribution in [0.2, 0.25) is 0 Å². The summed E-state index contributed by atoms with van der Waals surface area (Å²) in [5, 5.41) is 8.75. The number of methoxy groups -OCH3 is 1. The van der Waals surface area contributed by atoms with Gasteiger partial charge in [0.1, 0.15) is 0 Å². The van der Waals surface area contributed by atoms with E-state index in [2.05, 4.69) is 11.1 Å². The van der Waals surface area contributed by atoms with E-state index in [4.69, 9.17) is 10.00 Å². The Morgan fingerprint density at radius 2 is 2.05 bits per heavy atom. The van der Waals surface area contributed by atoms with Gasteiger partial charge < -0.3 is 4.74 Å². The molecule has 1 aromatic carbocycles. The third-order valence-electron chi connectivity index (χ3n) is 2.79. The third kappa shape index (κ3) is 2.96. The van der Waals surface area contributed by atoms with Gasteiger partial charge in [-0.2, -0.15) is 5.26 Å². The van der Waals surface area contributed by atoms with Crippen molar-refractivity contribution in [2.24, 2.45) is 0 Å². The molecule has 2 rings (SSSR count). The van der Waals surface area contributed by atoms with Crippen molar-refractivity contribution in [2.75, 3.05) is 7.11 Å². The average molecular weight is 252 g/mol. The molecule has 0 amide bonds. The van der Waals surface area contributed by atoms with Crippen LogP contribution in [0.4, 0.5) is 0 Å². The maximum absolute atomic E-state index is 11.6. The minimum Gasteiger partial charge on any atom is -0.465 e. The number of pyridine rings is 1. The molecule has 0 saturated carbocycles. The van der Waals surface area contributed by atoms with E-state index in [0.29, 0.717) is 17.5 Å². The summed E-state index contributed by atoms with van der Waals surface area (Å²) in [5.41, 5.74) is 2.95. The van der Waals surface area contributed by atoms with Crippen LogP contribution in [0.25, 0.3) is 0 Å². The van der Waals surface area contributed by atoms with E-state index in [-0.39, 0.29) is 5.97 Å². The molecule has 4 nitrogen and oxygen atoms in total. The average Bonchev–Trinajstić information content (AvgIpc) is 2.48. The Morgan fingerprint density at radius 3 is 2.68 bits per heavy atom. The topological polar surface area (TPSA) is 63.0 Å². The smallest absolute Gasteiger partial charge is 0.338 e. The molecule has 0 saturated heterocycles. The Balaban J connectivity index is 2.28. The Bertz CT molecular complexity index is 627. The summed E-state index contributed by atoms with van der Waals surface area (Å²) in [7, 11) is 1.36. The van der Waals surface area contributed by atoms with Crippen LogP contribution < -0.4 is 0 Å². The van der Waals surface area contributed by atoms with E-state index < -0.39 is 0 Å². The number of nitriles is 1. The van der Waals surface area contributed by atoms with Gasteiger partial charge in [-0.3, -0.25) is 4.98 Å². The van der Waals surface area contributed by atoms with Crippen molar-refractivity contribution >= 4 is 5.97 Å². The van der Waals surface area contributed by atoms with Gasteiger partial charge >= 0.3 is 5.97 Å². The first-order valence-corrected chi connectivity index (χ1v) is 5.75. The monoisotopic (exact) mass is 252 g/mol. The molecule has 0 aliphatic heterocycles. The van der Waals surface area contributed by atoms with Gasteiger partial charge in [-0.15, -0.1) is 0 Å². The van der Waals surface area contributed by atoms with Crippen molar-refractivity contribution in [1.82, 2.24) is 4.98 Å². The van der Waals surface area contributed by atoms with Crippen LogP contribution in [0, 0.1) is 11.3 Å². The molecule has 4 heteroatoms. The fourth-order valence-electron chi connectivity index (χ4n) is 1.79. The van der Waals surface area contributed by atoms with Gasteiger partial charge in [-0.05, 0) is 35.7 Å². The quantitative estimate of drug-likeness (QED) is 0.786. The Labute approximate surface area is 111 Å². The molecule has 0 aliphatic carbocycles. The van der Waals surface area contributed by atoms with Gasteiger partial charge in [-0.1, -0.05) is 12.1 Å². The molecule has 0 spiro atoms. The summed E-state index contributed by atoms with van der Waals surface area (Å²) in [6, 6.07) is 11.0. The standard InChI is InChI=1S/C15H12N2O2/c1-19-15(18)14-6-7-17-10-13(14)8-11-2-4-12(9-16)5-3-11/h2-7,10H,8H2,1H3. The molecule has 0 atom stereocenters. The summed E-state index contributed by atoms with van der Waals surface area (Å²) in [6.45, 7) is 0. The fraction of sp³-hybridized carbons (Fsp3) is 0.133. The first-order chi connectivity index (χ1) is 9.24. The van der Waals surface area contributed by atoms with Crippen LogP contribution in [-0.2, 0) is 11.2 Å². The summed E-state index contributed by atoms with van der Waals surface area (Å²) in [4.78, 5) is 15.7. The van der Waals surface area contributed by atoms with Gasteiger partial charge in [-0.25, -0.2) is 4.79 Å². The molecule has 0 N–H and O–H groups in total. The van der Waals surface area contributed by atoms with Crippen LogP contribution >= 0.6 is 0 Å². The Hall–Kier alpha value is -2.67. The van der Waals surface area contributed by atoms with E-state index in [0.717, 1.165) is 11.1 Å². The molecule has 0 unspecified atom stereocenters. The highest BCUT2D eigenvalue weighted by molar-refractivity contribution is 5.90. The number of carbonyl (C=O) groups is 1. The highest BCUT2D eigenvalue weighted by Crippen LogP contribution is 2.14. The van der Waals surface area contributed by atoms with E-state index in [9.17, 15) is 4.79 Å². The van der Waals surface area contributed by atoms with Crippen molar-refractivity contribution in [1.29, 1.82) is 5.26 Å². The van der Waals surface area contributed by atoms with E-state index >= 15 is 0 Å². The summed E-state index contributed by atoms with van der Waals surface area (Å²) < 4.78 is 4.74. The van der Waals surface area contributed by atoms with Crippen LogP contribution in [-0.4, -0.2) is 18.1 Å². The van der Waals surface area contributed by atoms with Gasteiger partial charge in [0, 0.05) is 12.4 Å². The molecule has 2 aromatic rings. The lowest BCUT2D eigenvalue weighted by Gasteiger charge is -2.07. The number of hydrogen-bond donors (Lipinski definition) is 0. The lowest BCUT2D eigenvalue weighted by atomic mass is 10.0. The predicted octanol–water partition coefficient (Wildman–Crippen LogP) is 2.33. The number of aromatic nitrogens is 1. The highest BCUT2D eigenvalue weighted by Gasteiger charge is 2.11. The zero-order chi connectivity index (χ0) is 13.7. The maximum atomic E-state index is 11.6. The second kappa shape index (κ2) is 5.78. The minimum absolute atomic E-state index is 0.369. The lowest BCUT2D eigenvalue weighted by Crippen LogP contribution is -2.06. The largest absolute Gasteiger partial charge is 0.465 e. The summed E-state index contributed by atoms with van der Waals surface area (Å²) in [6.07, 6.45) is 3.79. The van der Waals surface area contributed by atoms with Crippen LogP contribution in [0.15, 0.2) is 42.7 Å².